The lowest BCUT2D eigenvalue weighted by atomic mass is 10.1. The van der Waals surface area contributed by atoms with Crippen molar-refractivity contribution < 1.29 is 9.59 Å². The first-order valence-electron chi connectivity index (χ1n) is 12.1. The predicted molar refractivity (Wildman–Crippen MR) is 143 cm³/mol. The largest absolute Gasteiger partial charge is 0.346 e. The van der Waals surface area contributed by atoms with E-state index >= 15 is 0 Å². The van der Waals surface area contributed by atoms with Crippen LogP contribution in [0.2, 0.25) is 0 Å². The molecule has 0 aliphatic carbocycles. The molecule has 3 rings (SSSR count). The fraction of sp³-hybridized carbons (Fsp3) is 0.407. The van der Waals surface area contributed by atoms with Crippen molar-refractivity contribution in [1.29, 1.82) is 0 Å². The Morgan fingerprint density at radius 1 is 1.00 bits per heavy atom. The SMILES string of the molecule is CCCCCCn1c(SCC(=O)NCC(=O)Nc2c(C)cc(C)cc2C)nc2ccccc2c1=O. The molecule has 2 aromatic carbocycles. The van der Waals surface area contributed by atoms with E-state index in [1.54, 1.807) is 10.6 Å². The molecule has 0 saturated heterocycles. The second kappa shape index (κ2) is 12.5. The van der Waals surface area contributed by atoms with Crippen LogP contribution in [0.25, 0.3) is 10.9 Å². The molecular formula is C27H34N4O3S. The highest BCUT2D eigenvalue weighted by molar-refractivity contribution is 7.99. The third-order valence-corrected chi connectivity index (χ3v) is 6.76. The number of nitrogens with one attached hydrogen (secondary N) is 2. The Kier molecular flexibility index (Phi) is 9.48. The van der Waals surface area contributed by atoms with Crippen LogP contribution >= 0.6 is 11.8 Å². The summed E-state index contributed by atoms with van der Waals surface area (Å²) in [5.41, 5.74) is 4.41. The number of thioether (sulfide) groups is 1. The molecule has 2 amide bonds. The number of aryl methyl sites for hydroxylation is 3. The van der Waals surface area contributed by atoms with Crippen LogP contribution in [0.15, 0.2) is 46.3 Å². The Balaban J connectivity index is 1.62. The zero-order valence-electron chi connectivity index (χ0n) is 20.9. The summed E-state index contributed by atoms with van der Waals surface area (Å²) in [7, 11) is 0. The lowest BCUT2D eigenvalue weighted by molar-refractivity contribution is -0.122. The monoisotopic (exact) mass is 494 g/mol. The lowest BCUT2D eigenvalue weighted by Gasteiger charge is -2.14. The van der Waals surface area contributed by atoms with Crippen LogP contribution in [0.5, 0.6) is 0 Å². The van der Waals surface area contributed by atoms with Gasteiger partial charge in [-0.3, -0.25) is 19.0 Å². The number of hydrogen-bond acceptors (Lipinski definition) is 5. The molecule has 0 atom stereocenters. The Hall–Kier alpha value is -3.13. The van der Waals surface area contributed by atoms with Gasteiger partial charge in [0.2, 0.25) is 11.8 Å². The van der Waals surface area contributed by atoms with Crippen LogP contribution in [0.4, 0.5) is 5.69 Å². The normalized spacial score (nSPS) is 11.0. The van der Waals surface area contributed by atoms with E-state index < -0.39 is 0 Å². The van der Waals surface area contributed by atoms with Crippen LogP contribution < -0.4 is 16.2 Å². The summed E-state index contributed by atoms with van der Waals surface area (Å²) in [5, 5.41) is 6.66. The molecule has 7 nitrogen and oxygen atoms in total. The fourth-order valence-electron chi connectivity index (χ4n) is 4.07. The summed E-state index contributed by atoms with van der Waals surface area (Å²) in [4.78, 5) is 42.6. The fourth-order valence-corrected chi connectivity index (χ4v) is 4.93. The van der Waals surface area contributed by atoms with Gasteiger partial charge in [-0.2, -0.15) is 0 Å². The van der Waals surface area contributed by atoms with Crippen molar-refractivity contribution in [3.63, 3.8) is 0 Å². The Labute approximate surface area is 210 Å². The molecule has 1 aromatic heterocycles. The van der Waals surface area contributed by atoms with Crippen molar-refractivity contribution in [1.82, 2.24) is 14.9 Å². The number of benzene rings is 2. The third kappa shape index (κ3) is 7.18. The summed E-state index contributed by atoms with van der Waals surface area (Å²) in [5.74, 6) is -0.507. The van der Waals surface area contributed by atoms with Gasteiger partial charge in [0, 0.05) is 12.2 Å². The molecule has 0 aliphatic heterocycles. The summed E-state index contributed by atoms with van der Waals surface area (Å²) in [6.07, 6.45) is 4.15. The number of aromatic nitrogens is 2. The van der Waals surface area contributed by atoms with Gasteiger partial charge in [0.1, 0.15) is 0 Å². The number of fused-ring (bicyclic) bond motifs is 1. The number of carbonyl (C=O) groups excluding carboxylic acids is 2. The molecule has 0 radical (unpaired) electrons. The highest BCUT2D eigenvalue weighted by Gasteiger charge is 2.14. The van der Waals surface area contributed by atoms with Crippen molar-refractivity contribution in [2.45, 2.75) is 65.1 Å². The van der Waals surface area contributed by atoms with E-state index in [9.17, 15) is 14.4 Å². The van der Waals surface area contributed by atoms with Gasteiger partial charge < -0.3 is 10.6 Å². The van der Waals surface area contributed by atoms with Crippen molar-refractivity contribution in [2.75, 3.05) is 17.6 Å². The van der Waals surface area contributed by atoms with Gasteiger partial charge in [-0.1, -0.05) is 67.8 Å². The highest BCUT2D eigenvalue weighted by Crippen LogP contribution is 2.22. The van der Waals surface area contributed by atoms with Crippen molar-refractivity contribution >= 4 is 40.2 Å². The number of hydrogen-bond donors (Lipinski definition) is 2. The quantitative estimate of drug-likeness (QED) is 0.228. The molecule has 0 unspecified atom stereocenters. The summed E-state index contributed by atoms with van der Waals surface area (Å²) in [6.45, 7) is 8.50. The van der Waals surface area contributed by atoms with E-state index in [0.29, 0.717) is 22.6 Å². The maximum Gasteiger partial charge on any atom is 0.262 e. The Bertz CT molecular complexity index is 1250. The first kappa shape index (κ1) is 26.5. The summed E-state index contributed by atoms with van der Waals surface area (Å²) >= 11 is 1.22. The minimum absolute atomic E-state index is 0.0651. The van der Waals surface area contributed by atoms with E-state index in [2.05, 4.69) is 22.5 Å². The maximum atomic E-state index is 13.1. The van der Waals surface area contributed by atoms with Crippen molar-refractivity contribution in [2.24, 2.45) is 0 Å². The number of unbranched alkanes of at least 4 members (excludes halogenated alkanes) is 3. The van der Waals surface area contributed by atoms with Gasteiger partial charge in [0.15, 0.2) is 5.16 Å². The lowest BCUT2D eigenvalue weighted by Crippen LogP contribution is -2.34. The highest BCUT2D eigenvalue weighted by atomic mass is 32.2. The standard InChI is InChI=1S/C27H34N4O3S/c1-5-6-7-10-13-31-26(34)21-11-8-9-12-22(21)29-27(31)35-17-24(33)28-16-23(32)30-25-19(3)14-18(2)15-20(25)4/h8-9,11-12,14-15H,5-7,10,13,16-17H2,1-4H3,(H,28,33)(H,30,32). The molecule has 1 heterocycles. The van der Waals surface area contributed by atoms with Gasteiger partial charge in [-0.25, -0.2) is 4.98 Å². The molecule has 2 N–H and O–H groups in total. The molecule has 8 heteroatoms. The van der Waals surface area contributed by atoms with Gasteiger partial charge in [0.05, 0.1) is 23.2 Å². The van der Waals surface area contributed by atoms with Crippen molar-refractivity contribution in [3.05, 3.63) is 63.4 Å². The molecule has 186 valence electrons. The van der Waals surface area contributed by atoms with Crippen molar-refractivity contribution in [3.8, 4) is 0 Å². The van der Waals surface area contributed by atoms with Gasteiger partial charge in [0.25, 0.3) is 5.56 Å². The third-order valence-electron chi connectivity index (χ3n) is 5.78. The number of para-hydroxylation sites is 1. The average molecular weight is 495 g/mol. The molecular weight excluding hydrogens is 460 g/mol. The molecule has 35 heavy (non-hydrogen) atoms. The Morgan fingerprint density at radius 2 is 1.71 bits per heavy atom. The Morgan fingerprint density at radius 3 is 2.43 bits per heavy atom. The smallest absolute Gasteiger partial charge is 0.262 e. The number of anilines is 1. The first-order chi connectivity index (χ1) is 16.8. The van der Waals surface area contributed by atoms with Gasteiger partial charge in [-0.05, 0) is 50.5 Å². The van der Waals surface area contributed by atoms with Gasteiger partial charge in [-0.15, -0.1) is 0 Å². The minimum Gasteiger partial charge on any atom is -0.346 e. The van der Waals surface area contributed by atoms with E-state index in [0.717, 1.165) is 48.1 Å². The van der Waals surface area contributed by atoms with Crippen LogP contribution in [0.1, 0.15) is 49.3 Å². The minimum atomic E-state index is -0.289. The zero-order chi connectivity index (χ0) is 25.4. The van der Waals surface area contributed by atoms with Crippen LogP contribution in [-0.4, -0.2) is 33.7 Å². The summed E-state index contributed by atoms with van der Waals surface area (Å²) in [6, 6.07) is 11.3. The molecule has 0 aliphatic rings. The topological polar surface area (TPSA) is 93.1 Å². The second-order valence-electron chi connectivity index (χ2n) is 8.82. The van der Waals surface area contributed by atoms with E-state index in [4.69, 9.17) is 0 Å². The van der Waals surface area contributed by atoms with E-state index in [1.807, 2.05) is 51.1 Å². The second-order valence-corrected chi connectivity index (χ2v) is 9.76. The molecule has 0 bridgehead atoms. The predicted octanol–water partition coefficient (Wildman–Crippen LogP) is 4.75. The van der Waals surface area contributed by atoms with E-state index in [1.165, 1.54) is 11.8 Å². The molecule has 0 saturated carbocycles. The molecule has 0 fully saturated rings. The number of carbonyl (C=O) groups is 2. The van der Waals surface area contributed by atoms with Crippen LogP contribution in [0.3, 0.4) is 0 Å². The zero-order valence-corrected chi connectivity index (χ0v) is 21.8. The maximum absolute atomic E-state index is 13.1. The number of rotatable bonds is 11. The van der Waals surface area contributed by atoms with Crippen LogP contribution in [0, 0.1) is 20.8 Å². The molecule has 3 aromatic rings. The first-order valence-corrected chi connectivity index (χ1v) is 13.1. The van der Waals surface area contributed by atoms with Crippen LogP contribution in [-0.2, 0) is 16.1 Å². The number of nitrogens with zero attached hydrogens (tertiary/aromatic N) is 2. The van der Waals surface area contributed by atoms with E-state index in [-0.39, 0.29) is 29.7 Å². The van der Waals surface area contributed by atoms with Gasteiger partial charge >= 0.3 is 0 Å². The number of amides is 2. The average Bonchev–Trinajstić information content (AvgIpc) is 2.82. The molecule has 0 spiro atoms. The summed E-state index contributed by atoms with van der Waals surface area (Å²) < 4.78 is 1.67.